The lowest BCUT2D eigenvalue weighted by Crippen LogP contribution is -2.36. The van der Waals surface area contributed by atoms with Gasteiger partial charge in [0.05, 0.1) is 12.6 Å². The van der Waals surface area contributed by atoms with E-state index in [1.807, 2.05) is 67.6 Å². The van der Waals surface area contributed by atoms with E-state index in [9.17, 15) is 4.79 Å². The SMILES string of the molecule is COc1ccc(CCN(Cc2cc3cc(C)cc(C)c3nc2Cl)C(=O)COc2ccccc2)cc1. The molecule has 0 spiro atoms. The third kappa shape index (κ3) is 6.31. The predicted octanol–water partition coefficient (Wildman–Crippen LogP) is 6.16. The van der Waals surface area contributed by atoms with Crippen molar-refractivity contribution < 1.29 is 14.3 Å². The van der Waals surface area contributed by atoms with Gasteiger partial charge < -0.3 is 14.4 Å². The number of pyridine rings is 1. The molecule has 0 aliphatic rings. The van der Waals surface area contributed by atoms with Crippen LogP contribution >= 0.6 is 11.6 Å². The zero-order valence-corrected chi connectivity index (χ0v) is 21.0. The van der Waals surface area contributed by atoms with Crippen molar-refractivity contribution in [1.29, 1.82) is 0 Å². The number of benzene rings is 3. The number of hydrogen-bond acceptors (Lipinski definition) is 4. The first-order valence-electron chi connectivity index (χ1n) is 11.6. The molecule has 6 heteroatoms. The van der Waals surface area contributed by atoms with Crippen LogP contribution in [0.3, 0.4) is 0 Å². The lowest BCUT2D eigenvalue weighted by Gasteiger charge is -2.24. The molecule has 0 radical (unpaired) electrons. The third-order valence-electron chi connectivity index (χ3n) is 5.93. The van der Waals surface area contributed by atoms with Crippen LogP contribution in [0.25, 0.3) is 10.9 Å². The summed E-state index contributed by atoms with van der Waals surface area (Å²) in [5, 5.41) is 1.43. The van der Waals surface area contributed by atoms with Gasteiger partial charge in [0.15, 0.2) is 6.61 Å². The minimum atomic E-state index is -0.112. The van der Waals surface area contributed by atoms with Crippen molar-refractivity contribution in [3.05, 3.63) is 100 Å². The van der Waals surface area contributed by atoms with E-state index in [0.29, 0.717) is 30.4 Å². The summed E-state index contributed by atoms with van der Waals surface area (Å²) in [6, 6.07) is 23.4. The number of para-hydroxylation sites is 1. The number of carbonyl (C=O) groups excluding carboxylic acids is 1. The molecule has 3 aromatic carbocycles. The molecule has 0 N–H and O–H groups in total. The first kappa shape index (κ1) is 24.6. The van der Waals surface area contributed by atoms with Crippen LogP contribution in [-0.4, -0.2) is 36.1 Å². The second-order valence-electron chi connectivity index (χ2n) is 8.61. The van der Waals surface area contributed by atoms with Crippen molar-refractivity contribution in [2.75, 3.05) is 20.3 Å². The average molecular weight is 489 g/mol. The zero-order valence-electron chi connectivity index (χ0n) is 20.3. The smallest absolute Gasteiger partial charge is 0.260 e. The summed E-state index contributed by atoms with van der Waals surface area (Å²) in [6.07, 6.45) is 0.692. The molecule has 0 aliphatic carbocycles. The normalized spacial score (nSPS) is 10.9. The molecular formula is C29H29ClN2O3. The number of methoxy groups -OCH3 is 1. The highest BCUT2D eigenvalue weighted by Crippen LogP contribution is 2.26. The molecule has 180 valence electrons. The zero-order chi connectivity index (χ0) is 24.8. The second kappa shape index (κ2) is 11.2. The van der Waals surface area contributed by atoms with Gasteiger partial charge in [-0.15, -0.1) is 0 Å². The van der Waals surface area contributed by atoms with Crippen LogP contribution in [0.15, 0.2) is 72.8 Å². The third-order valence-corrected chi connectivity index (χ3v) is 6.26. The van der Waals surface area contributed by atoms with Crippen molar-refractivity contribution in [3.8, 4) is 11.5 Å². The first-order valence-corrected chi connectivity index (χ1v) is 12.0. The molecule has 1 aromatic heterocycles. The lowest BCUT2D eigenvalue weighted by molar-refractivity contribution is -0.134. The van der Waals surface area contributed by atoms with Crippen molar-refractivity contribution in [1.82, 2.24) is 9.88 Å². The molecule has 0 saturated heterocycles. The number of hydrogen-bond donors (Lipinski definition) is 0. The van der Waals surface area contributed by atoms with Gasteiger partial charge in [-0.2, -0.15) is 0 Å². The first-order chi connectivity index (χ1) is 16.9. The maximum Gasteiger partial charge on any atom is 0.260 e. The number of amides is 1. The van der Waals surface area contributed by atoms with Crippen LogP contribution < -0.4 is 9.47 Å². The monoisotopic (exact) mass is 488 g/mol. The molecule has 0 atom stereocenters. The fourth-order valence-electron chi connectivity index (χ4n) is 4.09. The molecule has 1 heterocycles. The van der Waals surface area contributed by atoms with E-state index in [4.69, 9.17) is 21.1 Å². The Balaban J connectivity index is 1.56. The summed E-state index contributed by atoms with van der Waals surface area (Å²) in [7, 11) is 1.65. The van der Waals surface area contributed by atoms with Crippen molar-refractivity contribution in [2.45, 2.75) is 26.8 Å². The highest BCUT2D eigenvalue weighted by molar-refractivity contribution is 6.30. The minimum absolute atomic E-state index is 0.0521. The van der Waals surface area contributed by atoms with Gasteiger partial charge in [-0.1, -0.05) is 53.6 Å². The van der Waals surface area contributed by atoms with Crippen molar-refractivity contribution in [3.63, 3.8) is 0 Å². The molecule has 5 nitrogen and oxygen atoms in total. The van der Waals surface area contributed by atoms with Gasteiger partial charge in [0.2, 0.25) is 0 Å². The van der Waals surface area contributed by atoms with Crippen molar-refractivity contribution in [2.24, 2.45) is 0 Å². The van der Waals surface area contributed by atoms with E-state index in [2.05, 4.69) is 24.0 Å². The predicted molar refractivity (Wildman–Crippen MR) is 140 cm³/mol. The molecule has 0 unspecified atom stereocenters. The number of halogens is 1. The quantitative estimate of drug-likeness (QED) is 0.264. The Bertz CT molecular complexity index is 1310. The van der Waals surface area contributed by atoms with Crippen LogP contribution in [-0.2, 0) is 17.8 Å². The number of rotatable bonds is 9. The highest BCUT2D eigenvalue weighted by atomic mass is 35.5. The standard InChI is InChI=1S/C29H29ClN2O3/c1-20-15-21(2)28-23(16-20)17-24(29(30)31-28)18-32(14-13-22-9-11-25(34-3)12-10-22)27(33)19-35-26-7-5-4-6-8-26/h4-12,15-17H,13-14,18-19H2,1-3H3. The van der Waals surface area contributed by atoms with E-state index < -0.39 is 0 Å². The summed E-state index contributed by atoms with van der Waals surface area (Å²) < 4.78 is 11.0. The molecule has 35 heavy (non-hydrogen) atoms. The minimum Gasteiger partial charge on any atom is -0.497 e. The molecule has 0 saturated carbocycles. The van der Waals surface area contributed by atoms with Crippen molar-refractivity contribution >= 4 is 28.4 Å². The Kier molecular flexibility index (Phi) is 7.88. The van der Waals surface area contributed by atoms with Crippen LogP contribution in [0.1, 0.15) is 22.3 Å². The van der Waals surface area contributed by atoms with Gasteiger partial charge >= 0.3 is 0 Å². The van der Waals surface area contributed by atoms with Crippen LogP contribution in [0.4, 0.5) is 0 Å². The largest absolute Gasteiger partial charge is 0.497 e. The van der Waals surface area contributed by atoms with E-state index in [-0.39, 0.29) is 12.5 Å². The topological polar surface area (TPSA) is 51.7 Å². The highest BCUT2D eigenvalue weighted by Gasteiger charge is 2.18. The van der Waals surface area contributed by atoms with Gasteiger partial charge in [0.25, 0.3) is 5.91 Å². The Morgan fingerprint density at radius 2 is 1.71 bits per heavy atom. The fraction of sp³-hybridized carbons (Fsp3) is 0.241. The van der Waals surface area contributed by atoms with E-state index in [1.54, 1.807) is 12.0 Å². The van der Waals surface area contributed by atoms with Gasteiger partial charge in [-0.05, 0) is 67.8 Å². The van der Waals surface area contributed by atoms with Gasteiger partial charge in [-0.3, -0.25) is 4.79 Å². The number of nitrogens with zero attached hydrogens (tertiary/aromatic N) is 2. The van der Waals surface area contributed by atoms with E-state index in [1.165, 1.54) is 0 Å². The van der Waals surface area contributed by atoms with Crippen LogP contribution in [0, 0.1) is 13.8 Å². The van der Waals surface area contributed by atoms with Gasteiger partial charge in [-0.25, -0.2) is 4.98 Å². The van der Waals surface area contributed by atoms with E-state index in [0.717, 1.165) is 38.9 Å². The number of carbonyl (C=O) groups is 1. The van der Waals surface area contributed by atoms with E-state index >= 15 is 0 Å². The number of fused-ring (bicyclic) bond motifs is 1. The van der Waals surface area contributed by atoms with Crippen LogP contribution in [0.5, 0.6) is 11.5 Å². The molecular weight excluding hydrogens is 460 g/mol. The van der Waals surface area contributed by atoms with Gasteiger partial charge in [0, 0.05) is 24.0 Å². The Morgan fingerprint density at radius 3 is 2.43 bits per heavy atom. The molecule has 0 aliphatic heterocycles. The summed E-state index contributed by atoms with van der Waals surface area (Å²) in [5.41, 5.74) is 5.05. The maximum absolute atomic E-state index is 13.2. The number of aryl methyl sites for hydroxylation is 2. The Morgan fingerprint density at radius 1 is 0.971 bits per heavy atom. The number of aromatic nitrogens is 1. The molecule has 4 rings (SSSR count). The summed E-state index contributed by atoms with van der Waals surface area (Å²) in [6.45, 7) is 4.91. The molecule has 0 bridgehead atoms. The fourth-order valence-corrected chi connectivity index (χ4v) is 4.29. The average Bonchev–Trinajstić information content (AvgIpc) is 2.86. The van der Waals surface area contributed by atoms with Gasteiger partial charge in [0.1, 0.15) is 16.7 Å². The molecule has 0 fully saturated rings. The number of ether oxygens (including phenoxy) is 2. The summed E-state index contributed by atoms with van der Waals surface area (Å²) >= 11 is 6.59. The molecule has 4 aromatic rings. The van der Waals surface area contributed by atoms with Crippen LogP contribution in [0.2, 0.25) is 5.15 Å². The Labute approximate surface area is 211 Å². The summed E-state index contributed by atoms with van der Waals surface area (Å²) in [5.74, 6) is 1.35. The second-order valence-corrected chi connectivity index (χ2v) is 8.96. The Hall–Kier alpha value is -3.57. The lowest BCUT2D eigenvalue weighted by atomic mass is 10.1. The molecule has 1 amide bonds. The summed E-state index contributed by atoms with van der Waals surface area (Å²) in [4.78, 5) is 19.7. The maximum atomic E-state index is 13.2.